The lowest BCUT2D eigenvalue weighted by atomic mass is 9.98. The van der Waals surface area contributed by atoms with Crippen molar-refractivity contribution >= 4 is 11.6 Å². The number of hydrogen-bond acceptors (Lipinski definition) is 5. The predicted octanol–water partition coefficient (Wildman–Crippen LogP) is 3.65. The van der Waals surface area contributed by atoms with Gasteiger partial charge in [0.2, 0.25) is 0 Å². The Morgan fingerprint density at radius 1 is 1.07 bits per heavy atom. The zero-order valence-electron chi connectivity index (χ0n) is 16.5. The fourth-order valence-electron chi connectivity index (χ4n) is 4.18. The van der Waals surface area contributed by atoms with E-state index in [0.717, 1.165) is 23.4 Å². The fraction of sp³-hybridized carbons (Fsp3) is 0.455. The molecule has 0 saturated heterocycles. The molecular weight excluding hydrogens is 354 g/mol. The summed E-state index contributed by atoms with van der Waals surface area (Å²) in [6.45, 7) is 1.25. The van der Waals surface area contributed by atoms with Gasteiger partial charge in [0.25, 0.3) is 5.91 Å². The van der Waals surface area contributed by atoms with E-state index in [1.54, 1.807) is 26.6 Å². The van der Waals surface area contributed by atoms with Gasteiger partial charge >= 0.3 is 0 Å². The number of methoxy groups -OCH3 is 2. The second-order valence-electron chi connectivity index (χ2n) is 7.54. The van der Waals surface area contributed by atoms with Crippen LogP contribution >= 0.6 is 0 Å². The molecule has 1 aromatic heterocycles. The first-order valence-corrected chi connectivity index (χ1v) is 9.92. The number of pyridine rings is 1. The summed E-state index contributed by atoms with van der Waals surface area (Å²) in [6.07, 6.45) is 9.17. The first-order chi connectivity index (χ1) is 13.7. The van der Waals surface area contributed by atoms with Crippen molar-refractivity contribution in [1.82, 2.24) is 9.88 Å². The van der Waals surface area contributed by atoms with Gasteiger partial charge in [0.05, 0.1) is 25.5 Å². The maximum Gasteiger partial charge on any atom is 0.255 e. The molecule has 1 saturated carbocycles. The standard InChI is InChI=1S/C22H27N3O3/c1-27-20-10-15-7-8-25(14-17(15)11-21(20)28-2)22(26)16-9-19(13-23-12-16)24-18-5-3-4-6-18/h9-13,18,24H,3-8,14H2,1-2H3. The van der Waals surface area contributed by atoms with Crippen molar-refractivity contribution in [2.24, 2.45) is 0 Å². The van der Waals surface area contributed by atoms with E-state index >= 15 is 0 Å². The number of aromatic nitrogens is 1. The summed E-state index contributed by atoms with van der Waals surface area (Å²) in [5.41, 5.74) is 3.87. The summed E-state index contributed by atoms with van der Waals surface area (Å²) >= 11 is 0. The van der Waals surface area contributed by atoms with Crippen molar-refractivity contribution in [3.05, 3.63) is 47.3 Å². The van der Waals surface area contributed by atoms with Crippen LogP contribution in [0.5, 0.6) is 11.5 Å². The van der Waals surface area contributed by atoms with E-state index in [2.05, 4.69) is 10.3 Å². The Labute approximate surface area is 165 Å². The van der Waals surface area contributed by atoms with Crippen LogP contribution in [0.2, 0.25) is 0 Å². The van der Waals surface area contributed by atoms with Gasteiger partial charge in [0, 0.05) is 31.5 Å². The first kappa shape index (κ1) is 18.6. The molecule has 2 aliphatic rings. The summed E-state index contributed by atoms with van der Waals surface area (Å²) in [4.78, 5) is 19.2. The van der Waals surface area contributed by atoms with Crippen LogP contribution in [-0.4, -0.2) is 42.6 Å². The number of nitrogens with one attached hydrogen (secondary N) is 1. The number of anilines is 1. The lowest BCUT2D eigenvalue weighted by Crippen LogP contribution is -2.36. The lowest BCUT2D eigenvalue weighted by molar-refractivity contribution is 0.0734. The van der Waals surface area contributed by atoms with Gasteiger partial charge in [-0.05, 0) is 48.6 Å². The Hall–Kier alpha value is -2.76. The van der Waals surface area contributed by atoms with Crippen LogP contribution in [0, 0.1) is 0 Å². The quantitative estimate of drug-likeness (QED) is 0.856. The number of amides is 1. The Balaban J connectivity index is 1.50. The van der Waals surface area contributed by atoms with Crippen molar-refractivity contribution in [3.63, 3.8) is 0 Å². The van der Waals surface area contributed by atoms with Crippen LogP contribution in [0.25, 0.3) is 0 Å². The predicted molar refractivity (Wildman–Crippen MR) is 108 cm³/mol. The molecule has 1 fully saturated rings. The van der Waals surface area contributed by atoms with Crippen molar-refractivity contribution in [2.75, 3.05) is 26.1 Å². The molecule has 6 heteroatoms. The highest BCUT2D eigenvalue weighted by atomic mass is 16.5. The number of hydrogen-bond donors (Lipinski definition) is 1. The van der Waals surface area contributed by atoms with Crippen LogP contribution < -0.4 is 14.8 Å². The summed E-state index contributed by atoms with van der Waals surface area (Å²) in [6, 6.07) is 6.42. The number of fused-ring (bicyclic) bond motifs is 1. The third kappa shape index (κ3) is 3.77. The molecule has 1 aromatic carbocycles. The van der Waals surface area contributed by atoms with Crippen molar-refractivity contribution in [3.8, 4) is 11.5 Å². The Bertz CT molecular complexity index is 862. The average molecular weight is 381 g/mol. The molecule has 1 N–H and O–H groups in total. The highest BCUT2D eigenvalue weighted by Crippen LogP contribution is 2.33. The first-order valence-electron chi connectivity index (χ1n) is 9.92. The van der Waals surface area contributed by atoms with Crippen molar-refractivity contribution in [2.45, 2.75) is 44.7 Å². The van der Waals surface area contributed by atoms with Crippen LogP contribution in [0.15, 0.2) is 30.6 Å². The molecule has 0 unspecified atom stereocenters. The van der Waals surface area contributed by atoms with Crippen molar-refractivity contribution < 1.29 is 14.3 Å². The van der Waals surface area contributed by atoms with E-state index in [0.29, 0.717) is 30.4 Å². The zero-order valence-corrected chi connectivity index (χ0v) is 16.5. The van der Waals surface area contributed by atoms with E-state index < -0.39 is 0 Å². The molecule has 148 valence electrons. The van der Waals surface area contributed by atoms with Gasteiger partial charge in [-0.2, -0.15) is 0 Å². The third-order valence-corrected chi connectivity index (χ3v) is 5.72. The number of rotatable bonds is 5. The Morgan fingerprint density at radius 3 is 2.50 bits per heavy atom. The van der Waals surface area contributed by atoms with Gasteiger partial charge in [-0.1, -0.05) is 12.8 Å². The number of benzene rings is 1. The van der Waals surface area contributed by atoms with Crippen LogP contribution in [-0.2, 0) is 13.0 Å². The fourth-order valence-corrected chi connectivity index (χ4v) is 4.18. The van der Waals surface area contributed by atoms with E-state index in [1.807, 2.05) is 23.1 Å². The van der Waals surface area contributed by atoms with Gasteiger partial charge in [0.1, 0.15) is 0 Å². The molecule has 1 amide bonds. The maximum absolute atomic E-state index is 13.1. The second-order valence-corrected chi connectivity index (χ2v) is 7.54. The van der Waals surface area contributed by atoms with Crippen LogP contribution in [0.1, 0.15) is 47.2 Å². The molecule has 28 heavy (non-hydrogen) atoms. The normalized spacial score (nSPS) is 16.6. The van der Waals surface area contributed by atoms with E-state index in [1.165, 1.54) is 31.2 Å². The highest BCUT2D eigenvalue weighted by Gasteiger charge is 2.24. The molecule has 2 heterocycles. The second kappa shape index (κ2) is 8.09. The topological polar surface area (TPSA) is 63.7 Å². The molecule has 4 rings (SSSR count). The van der Waals surface area contributed by atoms with Gasteiger partial charge in [0.15, 0.2) is 11.5 Å². The van der Waals surface area contributed by atoms with E-state index in [9.17, 15) is 4.79 Å². The van der Waals surface area contributed by atoms with Crippen molar-refractivity contribution in [1.29, 1.82) is 0 Å². The summed E-state index contributed by atoms with van der Waals surface area (Å²) in [5.74, 6) is 1.44. The van der Waals surface area contributed by atoms with E-state index in [-0.39, 0.29) is 5.91 Å². The molecule has 0 bridgehead atoms. The molecule has 1 aliphatic carbocycles. The smallest absolute Gasteiger partial charge is 0.255 e. The molecule has 1 aliphatic heterocycles. The van der Waals surface area contributed by atoms with Crippen LogP contribution in [0.3, 0.4) is 0 Å². The molecular formula is C22H27N3O3. The van der Waals surface area contributed by atoms with Gasteiger partial charge < -0.3 is 19.7 Å². The summed E-state index contributed by atoms with van der Waals surface area (Å²) in [5, 5.41) is 3.52. The SMILES string of the molecule is COc1cc2c(cc1OC)CN(C(=O)c1cncc(NC3CCCC3)c1)CC2. The number of carbonyl (C=O) groups excluding carboxylic acids is 1. The average Bonchev–Trinajstić information content (AvgIpc) is 3.25. The highest BCUT2D eigenvalue weighted by molar-refractivity contribution is 5.95. The molecule has 0 spiro atoms. The number of carbonyl (C=O) groups is 1. The molecule has 0 radical (unpaired) electrons. The maximum atomic E-state index is 13.1. The third-order valence-electron chi connectivity index (χ3n) is 5.72. The zero-order chi connectivity index (χ0) is 19.5. The molecule has 6 nitrogen and oxygen atoms in total. The van der Waals surface area contributed by atoms with Gasteiger partial charge in [-0.25, -0.2) is 0 Å². The Kier molecular flexibility index (Phi) is 5.37. The number of nitrogens with zero attached hydrogens (tertiary/aromatic N) is 2. The molecule has 2 aromatic rings. The van der Waals surface area contributed by atoms with Crippen LogP contribution in [0.4, 0.5) is 5.69 Å². The summed E-state index contributed by atoms with van der Waals surface area (Å²) < 4.78 is 10.8. The van der Waals surface area contributed by atoms with E-state index in [4.69, 9.17) is 9.47 Å². The minimum absolute atomic E-state index is 0.0167. The minimum Gasteiger partial charge on any atom is -0.493 e. The lowest BCUT2D eigenvalue weighted by Gasteiger charge is -2.29. The molecule has 0 atom stereocenters. The van der Waals surface area contributed by atoms with Gasteiger partial charge in [-0.15, -0.1) is 0 Å². The summed E-state index contributed by atoms with van der Waals surface area (Å²) in [7, 11) is 3.27. The number of ether oxygens (including phenoxy) is 2. The minimum atomic E-state index is 0.0167. The monoisotopic (exact) mass is 381 g/mol. The van der Waals surface area contributed by atoms with Gasteiger partial charge in [-0.3, -0.25) is 9.78 Å². The Morgan fingerprint density at radius 2 is 1.79 bits per heavy atom. The largest absolute Gasteiger partial charge is 0.493 e.